The molecule has 4 heteroatoms. The number of pyridine rings is 1. The van der Waals surface area contributed by atoms with E-state index in [2.05, 4.69) is 9.88 Å². The Kier molecular flexibility index (Phi) is 3.74. The average molecular weight is 234 g/mol. The monoisotopic (exact) mass is 234 g/mol. The van der Waals surface area contributed by atoms with E-state index in [0.717, 1.165) is 30.5 Å². The molecule has 1 aliphatic rings. The summed E-state index contributed by atoms with van der Waals surface area (Å²) in [7, 11) is 0. The Morgan fingerprint density at radius 1 is 1.59 bits per heavy atom. The SMILES string of the molecule is Cc1cc(C=O)cnc1N(CCO)C1CCC1. The zero-order valence-electron chi connectivity index (χ0n) is 10.1. The molecule has 1 heterocycles. The third-order valence-corrected chi connectivity index (χ3v) is 3.34. The number of aliphatic hydroxyl groups is 1. The van der Waals surface area contributed by atoms with Crippen LogP contribution in [0.1, 0.15) is 35.2 Å². The maximum atomic E-state index is 10.7. The van der Waals surface area contributed by atoms with Gasteiger partial charge in [0.25, 0.3) is 0 Å². The van der Waals surface area contributed by atoms with Crippen molar-refractivity contribution in [3.63, 3.8) is 0 Å². The quantitative estimate of drug-likeness (QED) is 0.785. The third-order valence-electron chi connectivity index (χ3n) is 3.34. The minimum Gasteiger partial charge on any atom is -0.395 e. The standard InChI is InChI=1S/C13H18N2O2/c1-10-7-11(9-17)8-14-13(10)15(5-6-16)12-3-2-4-12/h7-9,12,16H,2-6H2,1H3. The molecule has 1 saturated carbocycles. The molecule has 1 N–H and O–H groups in total. The zero-order valence-corrected chi connectivity index (χ0v) is 10.1. The first kappa shape index (κ1) is 12.0. The van der Waals surface area contributed by atoms with Crippen molar-refractivity contribution < 1.29 is 9.90 Å². The zero-order chi connectivity index (χ0) is 12.3. The number of aryl methyl sites for hydroxylation is 1. The third kappa shape index (κ3) is 2.47. The van der Waals surface area contributed by atoms with Crippen molar-refractivity contribution >= 4 is 12.1 Å². The minimum absolute atomic E-state index is 0.132. The van der Waals surface area contributed by atoms with Crippen LogP contribution in [-0.4, -0.2) is 35.6 Å². The van der Waals surface area contributed by atoms with E-state index in [4.69, 9.17) is 5.11 Å². The smallest absolute Gasteiger partial charge is 0.151 e. The Bertz CT molecular complexity index is 402. The molecule has 0 aromatic carbocycles. The highest BCUT2D eigenvalue weighted by Gasteiger charge is 2.26. The molecule has 0 unspecified atom stereocenters. The molecule has 1 fully saturated rings. The predicted molar refractivity (Wildman–Crippen MR) is 66.4 cm³/mol. The van der Waals surface area contributed by atoms with Gasteiger partial charge in [-0.15, -0.1) is 0 Å². The molecule has 1 aliphatic carbocycles. The molecule has 0 radical (unpaired) electrons. The van der Waals surface area contributed by atoms with Gasteiger partial charge < -0.3 is 10.0 Å². The lowest BCUT2D eigenvalue weighted by atomic mass is 9.91. The molecule has 92 valence electrons. The minimum atomic E-state index is 0.132. The van der Waals surface area contributed by atoms with Crippen LogP contribution in [0.3, 0.4) is 0 Å². The van der Waals surface area contributed by atoms with Crippen molar-refractivity contribution in [1.29, 1.82) is 0 Å². The Morgan fingerprint density at radius 3 is 2.82 bits per heavy atom. The van der Waals surface area contributed by atoms with Gasteiger partial charge in [-0.25, -0.2) is 4.98 Å². The van der Waals surface area contributed by atoms with Gasteiger partial charge in [-0.05, 0) is 37.8 Å². The van der Waals surface area contributed by atoms with Gasteiger partial charge in [0.05, 0.1) is 6.61 Å². The molecule has 0 spiro atoms. The first-order chi connectivity index (χ1) is 8.26. The van der Waals surface area contributed by atoms with Crippen LogP contribution in [0, 0.1) is 6.92 Å². The topological polar surface area (TPSA) is 53.4 Å². The lowest BCUT2D eigenvalue weighted by Gasteiger charge is -2.38. The molecule has 0 atom stereocenters. The van der Waals surface area contributed by atoms with Crippen molar-refractivity contribution in [3.05, 3.63) is 23.4 Å². The second kappa shape index (κ2) is 5.27. The van der Waals surface area contributed by atoms with Gasteiger partial charge in [0.2, 0.25) is 0 Å². The largest absolute Gasteiger partial charge is 0.395 e. The van der Waals surface area contributed by atoms with Gasteiger partial charge in [0, 0.05) is 24.3 Å². The Morgan fingerprint density at radius 2 is 2.35 bits per heavy atom. The summed E-state index contributed by atoms with van der Waals surface area (Å²) < 4.78 is 0. The van der Waals surface area contributed by atoms with E-state index in [-0.39, 0.29) is 6.61 Å². The Balaban J connectivity index is 2.25. The first-order valence-corrected chi connectivity index (χ1v) is 6.05. The fraction of sp³-hybridized carbons (Fsp3) is 0.538. The fourth-order valence-electron chi connectivity index (χ4n) is 2.22. The van der Waals surface area contributed by atoms with E-state index in [9.17, 15) is 4.79 Å². The number of aliphatic hydroxyl groups excluding tert-OH is 1. The highest BCUT2D eigenvalue weighted by atomic mass is 16.3. The summed E-state index contributed by atoms with van der Waals surface area (Å²) in [5.74, 6) is 0.898. The van der Waals surface area contributed by atoms with E-state index < -0.39 is 0 Å². The predicted octanol–water partition coefficient (Wildman–Crippen LogP) is 1.55. The van der Waals surface area contributed by atoms with Crippen LogP contribution in [-0.2, 0) is 0 Å². The highest BCUT2D eigenvalue weighted by Crippen LogP contribution is 2.29. The van der Waals surface area contributed by atoms with Crippen LogP contribution < -0.4 is 4.90 Å². The van der Waals surface area contributed by atoms with Crippen LogP contribution >= 0.6 is 0 Å². The van der Waals surface area contributed by atoms with Gasteiger partial charge in [0.1, 0.15) is 5.82 Å². The summed E-state index contributed by atoms with van der Waals surface area (Å²) in [6.07, 6.45) is 5.98. The van der Waals surface area contributed by atoms with Gasteiger partial charge in [-0.1, -0.05) is 0 Å². The second-order valence-electron chi connectivity index (χ2n) is 4.53. The van der Waals surface area contributed by atoms with E-state index >= 15 is 0 Å². The number of carbonyl (C=O) groups is 1. The summed E-state index contributed by atoms with van der Waals surface area (Å²) >= 11 is 0. The summed E-state index contributed by atoms with van der Waals surface area (Å²) in [5, 5.41) is 9.13. The average Bonchev–Trinajstić information content (AvgIpc) is 2.26. The molecular formula is C13H18N2O2. The maximum absolute atomic E-state index is 10.7. The van der Waals surface area contributed by atoms with Gasteiger partial charge in [0.15, 0.2) is 6.29 Å². The number of rotatable bonds is 5. The van der Waals surface area contributed by atoms with Gasteiger partial charge >= 0.3 is 0 Å². The van der Waals surface area contributed by atoms with Crippen LogP contribution in [0.2, 0.25) is 0 Å². The van der Waals surface area contributed by atoms with Crippen molar-refractivity contribution in [2.45, 2.75) is 32.2 Å². The molecule has 2 rings (SSSR count). The van der Waals surface area contributed by atoms with Crippen LogP contribution in [0.4, 0.5) is 5.82 Å². The van der Waals surface area contributed by atoms with Gasteiger partial charge in [-0.2, -0.15) is 0 Å². The maximum Gasteiger partial charge on any atom is 0.151 e. The molecule has 1 aromatic rings. The second-order valence-corrected chi connectivity index (χ2v) is 4.53. The molecule has 17 heavy (non-hydrogen) atoms. The van der Waals surface area contributed by atoms with Crippen molar-refractivity contribution in [2.75, 3.05) is 18.1 Å². The van der Waals surface area contributed by atoms with Crippen molar-refractivity contribution in [3.8, 4) is 0 Å². The number of hydrogen-bond acceptors (Lipinski definition) is 4. The fourth-order valence-corrected chi connectivity index (χ4v) is 2.22. The summed E-state index contributed by atoms with van der Waals surface area (Å²) in [6.45, 7) is 2.70. The summed E-state index contributed by atoms with van der Waals surface area (Å²) in [6, 6.07) is 2.34. The number of hydrogen-bond donors (Lipinski definition) is 1. The number of nitrogens with zero attached hydrogens (tertiary/aromatic N) is 2. The lowest BCUT2D eigenvalue weighted by molar-refractivity contribution is 0.112. The Hall–Kier alpha value is -1.42. The lowest BCUT2D eigenvalue weighted by Crippen LogP contribution is -2.42. The summed E-state index contributed by atoms with van der Waals surface area (Å²) in [5.41, 5.74) is 1.60. The Labute approximate surface area is 101 Å². The molecule has 0 saturated heterocycles. The van der Waals surface area contributed by atoms with Gasteiger partial charge in [-0.3, -0.25) is 4.79 Å². The normalized spacial score (nSPS) is 15.4. The summed E-state index contributed by atoms with van der Waals surface area (Å²) in [4.78, 5) is 17.2. The first-order valence-electron chi connectivity index (χ1n) is 6.05. The number of aromatic nitrogens is 1. The number of carbonyl (C=O) groups excluding carboxylic acids is 1. The van der Waals surface area contributed by atoms with E-state index in [1.807, 2.05) is 13.0 Å². The molecule has 0 bridgehead atoms. The van der Waals surface area contributed by atoms with Crippen molar-refractivity contribution in [2.24, 2.45) is 0 Å². The van der Waals surface area contributed by atoms with Crippen LogP contribution in [0.5, 0.6) is 0 Å². The molecular weight excluding hydrogens is 216 g/mol. The van der Waals surface area contributed by atoms with E-state index in [1.165, 1.54) is 6.42 Å². The molecule has 1 aromatic heterocycles. The van der Waals surface area contributed by atoms with E-state index in [0.29, 0.717) is 18.2 Å². The highest BCUT2D eigenvalue weighted by molar-refractivity contribution is 5.75. The molecule has 0 aliphatic heterocycles. The van der Waals surface area contributed by atoms with Crippen LogP contribution in [0.15, 0.2) is 12.3 Å². The number of aldehydes is 1. The van der Waals surface area contributed by atoms with E-state index in [1.54, 1.807) is 6.20 Å². The molecule has 0 amide bonds. The van der Waals surface area contributed by atoms with Crippen LogP contribution in [0.25, 0.3) is 0 Å². The molecule has 4 nitrogen and oxygen atoms in total. The van der Waals surface area contributed by atoms with Crippen molar-refractivity contribution in [1.82, 2.24) is 4.98 Å². The number of anilines is 1.